The van der Waals surface area contributed by atoms with Gasteiger partial charge in [0, 0.05) is 11.4 Å². The maximum atomic E-state index is 12.6. The summed E-state index contributed by atoms with van der Waals surface area (Å²) in [6.45, 7) is 0. The molecule has 1 atom stereocenters. The lowest BCUT2D eigenvalue weighted by atomic mass is 9.82. The lowest BCUT2D eigenvalue weighted by molar-refractivity contribution is 0.0964. The molecular weight excluding hydrogens is 336 g/mol. The highest BCUT2D eigenvalue weighted by Gasteiger charge is 2.30. The van der Waals surface area contributed by atoms with Gasteiger partial charge in [0.05, 0.1) is 30.3 Å². The van der Waals surface area contributed by atoms with Gasteiger partial charge >= 0.3 is 0 Å². The average molecular weight is 353 g/mol. The van der Waals surface area contributed by atoms with E-state index in [1.165, 1.54) is 0 Å². The topological polar surface area (TPSA) is 44.1 Å². The summed E-state index contributed by atoms with van der Waals surface area (Å²) >= 11 is 5.97. The zero-order valence-electron chi connectivity index (χ0n) is 13.8. The fraction of sp³-hybridized carbons (Fsp3) is 0.200. The van der Waals surface area contributed by atoms with Gasteiger partial charge in [-0.15, -0.1) is 0 Å². The molecule has 5 heteroatoms. The normalized spacial score (nSPS) is 16.6. The van der Waals surface area contributed by atoms with Crippen molar-refractivity contribution in [3.63, 3.8) is 0 Å². The van der Waals surface area contributed by atoms with Crippen molar-refractivity contribution in [3.05, 3.63) is 76.6 Å². The fourth-order valence-corrected chi connectivity index (χ4v) is 3.48. The minimum absolute atomic E-state index is 0.141. The number of fused-ring (bicyclic) bond motifs is 1. The summed E-state index contributed by atoms with van der Waals surface area (Å²) < 4.78 is 7.06. The molecule has 0 spiro atoms. The summed E-state index contributed by atoms with van der Waals surface area (Å²) in [7, 11) is 1.65. The van der Waals surface area contributed by atoms with E-state index in [2.05, 4.69) is 5.10 Å². The average Bonchev–Trinajstić information content (AvgIpc) is 3.07. The second kappa shape index (κ2) is 6.37. The summed E-state index contributed by atoms with van der Waals surface area (Å²) in [6, 6.07) is 15.4. The minimum atomic E-state index is 0.141. The third-order valence-electron chi connectivity index (χ3n) is 4.70. The zero-order chi connectivity index (χ0) is 17.4. The van der Waals surface area contributed by atoms with Gasteiger partial charge in [0.1, 0.15) is 5.75 Å². The number of hydrogen-bond acceptors (Lipinski definition) is 3. The van der Waals surface area contributed by atoms with Crippen molar-refractivity contribution in [2.75, 3.05) is 7.11 Å². The molecule has 0 aliphatic heterocycles. The largest absolute Gasteiger partial charge is 0.497 e. The molecule has 2 aromatic carbocycles. The van der Waals surface area contributed by atoms with Crippen molar-refractivity contribution in [1.82, 2.24) is 9.78 Å². The van der Waals surface area contributed by atoms with Gasteiger partial charge in [0.2, 0.25) is 0 Å². The van der Waals surface area contributed by atoms with E-state index in [-0.39, 0.29) is 11.7 Å². The van der Waals surface area contributed by atoms with E-state index >= 15 is 0 Å². The van der Waals surface area contributed by atoms with E-state index < -0.39 is 0 Å². The monoisotopic (exact) mass is 352 g/mol. The lowest BCUT2D eigenvalue weighted by Gasteiger charge is -2.23. The Morgan fingerprint density at radius 3 is 2.48 bits per heavy atom. The second-order valence-corrected chi connectivity index (χ2v) is 6.63. The maximum Gasteiger partial charge on any atom is 0.166 e. The Bertz CT molecular complexity index is 914. The number of hydrogen-bond donors (Lipinski definition) is 0. The maximum absolute atomic E-state index is 12.6. The number of halogens is 1. The van der Waals surface area contributed by atoms with Gasteiger partial charge in [-0.3, -0.25) is 4.79 Å². The number of Topliss-reactive ketones (excluding diaryl/α,β-unsaturated/α-hetero) is 1. The molecule has 1 aliphatic rings. The molecule has 0 fully saturated rings. The molecule has 0 amide bonds. The smallest absolute Gasteiger partial charge is 0.166 e. The SMILES string of the molecule is COc1ccc(C2CC(=O)c3cnn(-c4ccc(Cl)cc4)c3C2)cc1. The van der Waals surface area contributed by atoms with Crippen molar-refractivity contribution < 1.29 is 9.53 Å². The highest BCUT2D eigenvalue weighted by molar-refractivity contribution is 6.30. The number of carbonyl (C=O) groups is 1. The number of carbonyl (C=O) groups excluding carboxylic acids is 1. The van der Waals surface area contributed by atoms with Gasteiger partial charge in [0.15, 0.2) is 5.78 Å². The van der Waals surface area contributed by atoms with Crippen molar-refractivity contribution in [3.8, 4) is 11.4 Å². The molecule has 126 valence electrons. The first-order valence-electron chi connectivity index (χ1n) is 8.15. The van der Waals surface area contributed by atoms with E-state index in [0.717, 1.165) is 34.7 Å². The van der Waals surface area contributed by atoms with Crippen LogP contribution in [0.3, 0.4) is 0 Å². The molecule has 1 heterocycles. The van der Waals surface area contributed by atoms with Crippen LogP contribution in [0.15, 0.2) is 54.7 Å². The van der Waals surface area contributed by atoms with E-state index in [0.29, 0.717) is 11.4 Å². The first-order chi connectivity index (χ1) is 12.2. The van der Waals surface area contributed by atoms with Crippen LogP contribution in [0.2, 0.25) is 5.02 Å². The Hall–Kier alpha value is -2.59. The number of benzene rings is 2. The molecule has 1 unspecified atom stereocenters. The van der Waals surface area contributed by atoms with E-state index in [4.69, 9.17) is 16.3 Å². The minimum Gasteiger partial charge on any atom is -0.497 e. The summed E-state index contributed by atoms with van der Waals surface area (Å²) in [5.74, 6) is 1.11. The first kappa shape index (κ1) is 15.9. The second-order valence-electron chi connectivity index (χ2n) is 6.19. The van der Waals surface area contributed by atoms with Gasteiger partial charge in [0.25, 0.3) is 0 Å². The molecule has 0 bridgehead atoms. The van der Waals surface area contributed by atoms with Crippen LogP contribution >= 0.6 is 11.6 Å². The third kappa shape index (κ3) is 2.94. The van der Waals surface area contributed by atoms with Crippen molar-refractivity contribution in [1.29, 1.82) is 0 Å². The van der Waals surface area contributed by atoms with Crippen LogP contribution in [-0.2, 0) is 6.42 Å². The molecule has 1 aromatic heterocycles. The molecule has 0 radical (unpaired) electrons. The van der Waals surface area contributed by atoms with Gasteiger partial charge in [-0.2, -0.15) is 5.10 Å². The molecule has 4 nitrogen and oxygen atoms in total. The Labute approximate surface area is 151 Å². The third-order valence-corrected chi connectivity index (χ3v) is 4.95. The summed E-state index contributed by atoms with van der Waals surface area (Å²) in [5.41, 5.74) is 3.73. The fourth-order valence-electron chi connectivity index (χ4n) is 3.36. The predicted molar refractivity (Wildman–Crippen MR) is 97.0 cm³/mol. The molecule has 0 saturated heterocycles. The summed E-state index contributed by atoms with van der Waals surface area (Å²) in [6.07, 6.45) is 2.96. The number of aromatic nitrogens is 2. The zero-order valence-corrected chi connectivity index (χ0v) is 14.5. The first-order valence-corrected chi connectivity index (χ1v) is 8.53. The number of ketones is 1. The predicted octanol–water partition coefficient (Wildman–Crippen LogP) is 4.45. The number of ether oxygens (including phenoxy) is 1. The lowest BCUT2D eigenvalue weighted by Crippen LogP contribution is -2.20. The van der Waals surface area contributed by atoms with Crippen molar-refractivity contribution in [2.24, 2.45) is 0 Å². The van der Waals surface area contributed by atoms with Crippen LogP contribution in [-0.4, -0.2) is 22.7 Å². The van der Waals surface area contributed by atoms with Crippen molar-refractivity contribution >= 4 is 17.4 Å². The van der Waals surface area contributed by atoms with Crippen LogP contribution in [0.5, 0.6) is 5.75 Å². The Kier molecular flexibility index (Phi) is 4.06. The summed E-state index contributed by atoms with van der Waals surface area (Å²) in [4.78, 5) is 12.6. The standard InChI is InChI=1S/C20H17ClN2O2/c1-25-17-8-2-13(3-9-17)14-10-19-18(20(24)11-14)12-22-23(19)16-6-4-15(21)5-7-16/h2-9,12,14H,10-11H2,1H3. The van der Waals surface area contributed by atoms with Gasteiger partial charge in [-0.1, -0.05) is 23.7 Å². The quantitative estimate of drug-likeness (QED) is 0.699. The molecule has 0 N–H and O–H groups in total. The summed E-state index contributed by atoms with van der Waals surface area (Å²) in [5, 5.41) is 5.11. The molecule has 0 saturated carbocycles. The van der Waals surface area contributed by atoms with E-state index in [1.807, 2.05) is 53.2 Å². The van der Waals surface area contributed by atoms with E-state index in [1.54, 1.807) is 13.3 Å². The van der Waals surface area contributed by atoms with Crippen LogP contribution < -0.4 is 4.74 Å². The molecule has 25 heavy (non-hydrogen) atoms. The van der Waals surface area contributed by atoms with Gasteiger partial charge in [-0.25, -0.2) is 4.68 Å². The number of methoxy groups -OCH3 is 1. The number of rotatable bonds is 3. The molecule has 3 aromatic rings. The van der Waals surface area contributed by atoms with Gasteiger partial charge < -0.3 is 4.74 Å². The molecule has 1 aliphatic carbocycles. The Morgan fingerprint density at radius 2 is 1.80 bits per heavy atom. The van der Waals surface area contributed by atoms with Crippen LogP contribution in [0.1, 0.15) is 34.0 Å². The van der Waals surface area contributed by atoms with Crippen LogP contribution in [0.25, 0.3) is 5.69 Å². The van der Waals surface area contributed by atoms with Crippen molar-refractivity contribution in [2.45, 2.75) is 18.8 Å². The van der Waals surface area contributed by atoms with E-state index in [9.17, 15) is 4.79 Å². The highest BCUT2D eigenvalue weighted by atomic mass is 35.5. The van der Waals surface area contributed by atoms with Crippen LogP contribution in [0.4, 0.5) is 0 Å². The molecule has 4 rings (SSSR count). The number of nitrogens with zero attached hydrogens (tertiary/aromatic N) is 2. The Balaban J connectivity index is 1.70. The molecular formula is C20H17ClN2O2. The Morgan fingerprint density at radius 1 is 1.08 bits per heavy atom. The highest BCUT2D eigenvalue weighted by Crippen LogP contribution is 2.34. The van der Waals surface area contributed by atoms with Gasteiger partial charge in [-0.05, 0) is 54.3 Å². The van der Waals surface area contributed by atoms with Crippen LogP contribution in [0, 0.1) is 0 Å².